The molecular formula is C30H41NO. The molecule has 2 nitrogen and oxygen atoms in total. The van der Waals surface area contributed by atoms with Gasteiger partial charge in [0.25, 0.3) is 0 Å². The minimum atomic E-state index is -0.0104. The number of nitrogens with zero attached hydrogens (tertiary/aromatic N) is 1. The molecule has 0 saturated heterocycles. The number of rotatable bonds is 11. The van der Waals surface area contributed by atoms with E-state index in [1.165, 1.54) is 79.7 Å². The Labute approximate surface area is 195 Å². The average Bonchev–Trinajstić information content (AvgIpc) is 2.84. The smallest absolute Gasteiger partial charge is 0.245 e. The average molecular weight is 432 g/mol. The zero-order valence-electron chi connectivity index (χ0n) is 20.2. The first-order valence-electron chi connectivity index (χ1n) is 12.7. The van der Waals surface area contributed by atoms with Crippen molar-refractivity contribution in [1.29, 1.82) is 0 Å². The van der Waals surface area contributed by atoms with Crippen LogP contribution < -0.4 is 0 Å². The number of hydrogen-bond acceptors (Lipinski definition) is 1. The van der Waals surface area contributed by atoms with Crippen LogP contribution in [0.15, 0.2) is 61.2 Å². The lowest BCUT2D eigenvalue weighted by Gasteiger charge is -2.29. The van der Waals surface area contributed by atoms with Crippen LogP contribution in [0.25, 0.3) is 11.1 Å². The Kier molecular flexibility index (Phi) is 9.59. The number of carbonyl (C=O) groups excluding carboxylic acids is 1. The zero-order chi connectivity index (χ0) is 22.8. The van der Waals surface area contributed by atoms with E-state index in [9.17, 15) is 4.79 Å². The van der Waals surface area contributed by atoms with E-state index in [0.717, 1.165) is 31.2 Å². The molecule has 0 unspecified atom stereocenters. The van der Waals surface area contributed by atoms with Crippen molar-refractivity contribution in [2.24, 2.45) is 5.92 Å². The van der Waals surface area contributed by atoms with Gasteiger partial charge in [-0.25, -0.2) is 0 Å². The van der Waals surface area contributed by atoms with Gasteiger partial charge in [-0.1, -0.05) is 87.7 Å². The first-order valence-corrected chi connectivity index (χ1v) is 12.7. The molecule has 32 heavy (non-hydrogen) atoms. The molecule has 1 amide bonds. The molecule has 2 aromatic carbocycles. The summed E-state index contributed by atoms with van der Waals surface area (Å²) in [6.45, 7) is 6.60. The Morgan fingerprint density at radius 3 is 2.16 bits per heavy atom. The van der Waals surface area contributed by atoms with Crippen LogP contribution >= 0.6 is 0 Å². The highest BCUT2D eigenvalue weighted by molar-refractivity contribution is 5.86. The predicted octanol–water partition coefficient (Wildman–Crippen LogP) is 7.78. The second-order valence-corrected chi connectivity index (χ2v) is 9.60. The van der Waals surface area contributed by atoms with Gasteiger partial charge in [0.1, 0.15) is 0 Å². The van der Waals surface area contributed by atoms with E-state index in [-0.39, 0.29) is 5.91 Å². The van der Waals surface area contributed by atoms with Gasteiger partial charge in [-0.3, -0.25) is 4.79 Å². The first kappa shape index (κ1) is 24.3. The van der Waals surface area contributed by atoms with Crippen molar-refractivity contribution in [2.75, 3.05) is 13.6 Å². The van der Waals surface area contributed by atoms with Crippen molar-refractivity contribution in [2.45, 2.75) is 77.0 Å². The summed E-state index contributed by atoms with van der Waals surface area (Å²) in [5, 5.41) is 0. The minimum absolute atomic E-state index is 0.0104. The lowest BCUT2D eigenvalue weighted by atomic mass is 9.77. The highest BCUT2D eigenvalue weighted by Crippen LogP contribution is 2.38. The van der Waals surface area contributed by atoms with Crippen molar-refractivity contribution >= 4 is 5.91 Å². The molecule has 0 radical (unpaired) electrons. The Balaban J connectivity index is 1.47. The van der Waals surface area contributed by atoms with Crippen molar-refractivity contribution in [1.82, 2.24) is 4.90 Å². The fourth-order valence-electron chi connectivity index (χ4n) is 5.07. The number of carbonyl (C=O) groups is 1. The van der Waals surface area contributed by atoms with Gasteiger partial charge >= 0.3 is 0 Å². The van der Waals surface area contributed by atoms with E-state index < -0.39 is 0 Å². The van der Waals surface area contributed by atoms with E-state index in [0.29, 0.717) is 0 Å². The zero-order valence-corrected chi connectivity index (χ0v) is 20.2. The number of unbranched alkanes of at least 4 members (excludes halogenated alkanes) is 2. The Hall–Kier alpha value is -2.35. The van der Waals surface area contributed by atoms with Gasteiger partial charge in [0.05, 0.1) is 0 Å². The molecule has 0 bridgehead atoms. The molecule has 1 saturated carbocycles. The molecule has 0 spiro atoms. The summed E-state index contributed by atoms with van der Waals surface area (Å²) in [6.07, 6.45) is 14.5. The number of benzene rings is 2. The van der Waals surface area contributed by atoms with E-state index in [2.05, 4.69) is 62.0 Å². The molecule has 172 valence electrons. The Morgan fingerprint density at radius 1 is 0.938 bits per heavy atom. The van der Waals surface area contributed by atoms with Gasteiger partial charge in [-0.15, -0.1) is 0 Å². The van der Waals surface area contributed by atoms with Gasteiger partial charge in [-0.2, -0.15) is 0 Å². The molecule has 1 aliphatic rings. The van der Waals surface area contributed by atoms with Crippen molar-refractivity contribution in [3.05, 3.63) is 72.3 Å². The molecule has 0 atom stereocenters. The lowest BCUT2D eigenvalue weighted by Crippen LogP contribution is -2.25. The maximum Gasteiger partial charge on any atom is 0.245 e. The van der Waals surface area contributed by atoms with Crippen LogP contribution in [0, 0.1) is 5.92 Å². The van der Waals surface area contributed by atoms with Gasteiger partial charge < -0.3 is 4.90 Å². The summed E-state index contributed by atoms with van der Waals surface area (Å²) in [5.41, 5.74) is 5.42. The summed E-state index contributed by atoms with van der Waals surface area (Å²) < 4.78 is 0. The topological polar surface area (TPSA) is 20.3 Å². The highest BCUT2D eigenvalue weighted by atomic mass is 16.2. The molecule has 2 heteroatoms. The molecule has 1 aliphatic carbocycles. The third kappa shape index (κ3) is 7.08. The normalized spacial score (nSPS) is 18.3. The molecule has 0 heterocycles. The SMILES string of the molecule is C=CC(=O)N(C)CCCc1ccc(-c2ccc(C3CCC(CCCCC)CC3)cc2)cc1. The van der Waals surface area contributed by atoms with Gasteiger partial charge in [0, 0.05) is 13.6 Å². The third-order valence-corrected chi connectivity index (χ3v) is 7.24. The monoisotopic (exact) mass is 431 g/mol. The number of aryl methyl sites for hydroxylation is 1. The molecule has 0 aliphatic heterocycles. The number of amides is 1. The molecule has 3 rings (SSSR count). The van der Waals surface area contributed by atoms with Gasteiger partial charge in [0.15, 0.2) is 0 Å². The number of hydrogen-bond donors (Lipinski definition) is 0. The second kappa shape index (κ2) is 12.6. The molecule has 2 aromatic rings. The summed E-state index contributed by atoms with van der Waals surface area (Å²) >= 11 is 0. The van der Waals surface area contributed by atoms with Crippen molar-refractivity contribution < 1.29 is 4.79 Å². The van der Waals surface area contributed by atoms with Crippen LogP contribution in [0.3, 0.4) is 0 Å². The van der Waals surface area contributed by atoms with Crippen molar-refractivity contribution in [3.8, 4) is 11.1 Å². The van der Waals surface area contributed by atoms with Crippen molar-refractivity contribution in [3.63, 3.8) is 0 Å². The van der Waals surface area contributed by atoms with E-state index in [1.54, 1.807) is 4.90 Å². The van der Waals surface area contributed by atoms with Crippen LogP contribution in [0.4, 0.5) is 0 Å². The minimum Gasteiger partial charge on any atom is -0.342 e. The quantitative estimate of drug-likeness (QED) is 0.263. The fourth-order valence-corrected chi connectivity index (χ4v) is 5.07. The van der Waals surface area contributed by atoms with E-state index in [1.807, 2.05) is 7.05 Å². The number of likely N-dealkylation sites (N-methyl/N-ethyl adjacent to an activating group) is 1. The molecule has 0 aromatic heterocycles. The van der Waals surface area contributed by atoms with E-state index in [4.69, 9.17) is 0 Å². The summed E-state index contributed by atoms with van der Waals surface area (Å²) in [7, 11) is 1.83. The second-order valence-electron chi connectivity index (χ2n) is 9.60. The third-order valence-electron chi connectivity index (χ3n) is 7.24. The predicted molar refractivity (Wildman–Crippen MR) is 137 cm³/mol. The maximum absolute atomic E-state index is 11.6. The largest absolute Gasteiger partial charge is 0.342 e. The Bertz CT molecular complexity index is 828. The molecular weight excluding hydrogens is 390 g/mol. The first-order chi connectivity index (χ1) is 15.6. The van der Waals surface area contributed by atoms with Gasteiger partial charge in [-0.05, 0) is 78.7 Å². The van der Waals surface area contributed by atoms with Crippen LogP contribution in [-0.4, -0.2) is 24.4 Å². The van der Waals surface area contributed by atoms with Crippen LogP contribution in [-0.2, 0) is 11.2 Å². The summed E-state index contributed by atoms with van der Waals surface area (Å²) in [5.74, 6) is 1.71. The van der Waals surface area contributed by atoms with Crippen LogP contribution in [0.2, 0.25) is 0 Å². The molecule has 0 N–H and O–H groups in total. The molecule has 1 fully saturated rings. The van der Waals surface area contributed by atoms with Gasteiger partial charge in [0.2, 0.25) is 5.91 Å². The van der Waals surface area contributed by atoms with Crippen LogP contribution in [0.5, 0.6) is 0 Å². The maximum atomic E-state index is 11.6. The lowest BCUT2D eigenvalue weighted by molar-refractivity contribution is -0.124. The summed E-state index contributed by atoms with van der Waals surface area (Å²) in [6, 6.07) is 18.2. The standard InChI is InChI=1S/C30H41NO/c1-4-6-7-9-24-11-15-26(16-12-24)28-19-21-29(22-20-28)27-17-13-25(14-18-27)10-8-23-31(3)30(32)5-2/h5,13-14,17-22,24,26H,2,4,6-12,15-16,23H2,1,3H3. The van der Waals surface area contributed by atoms with E-state index >= 15 is 0 Å². The van der Waals surface area contributed by atoms with Crippen LogP contribution in [0.1, 0.15) is 81.8 Å². The highest BCUT2D eigenvalue weighted by Gasteiger charge is 2.22. The Morgan fingerprint density at radius 2 is 1.56 bits per heavy atom. The summed E-state index contributed by atoms with van der Waals surface area (Å²) in [4.78, 5) is 13.3. The fraction of sp³-hybridized carbons (Fsp3) is 0.500.